The van der Waals surface area contributed by atoms with Crippen LogP contribution in [-0.4, -0.2) is 43.0 Å². The molecule has 1 aromatic carbocycles. The Hall–Kier alpha value is -3.09. The van der Waals surface area contributed by atoms with Crippen molar-refractivity contribution >= 4 is 28.0 Å². The Labute approximate surface area is 145 Å². The molecule has 3 aromatic heterocycles. The first-order chi connectivity index (χ1) is 12.3. The Balaban J connectivity index is 1.71. The van der Waals surface area contributed by atoms with Crippen molar-refractivity contribution in [3.63, 3.8) is 0 Å². The van der Waals surface area contributed by atoms with E-state index in [9.17, 15) is 0 Å². The average Bonchev–Trinajstić information content (AvgIpc) is 3.05. The lowest BCUT2D eigenvalue weighted by Gasteiger charge is -2.18. The van der Waals surface area contributed by atoms with Crippen molar-refractivity contribution in [2.24, 2.45) is 0 Å². The first kappa shape index (κ1) is 15.4. The molecule has 0 radical (unpaired) electrons. The topological polar surface area (TPSA) is 72.6 Å². The highest BCUT2D eigenvalue weighted by atomic mass is 15.5. The maximum Gasteiger partial charge on any atom is 0.221 e. The fourth-order valence-electron chi connectivity index (χ4n) is 2.95. The van der Waals surface area contributed by atoms with Gasteiger partial charge in [-0.1, -0.05) is 17.3 Å². The van der Waals surface area contributed by atoms with E-state index < -0.39 is 0 Å². The molecule has 3 heterocycles. The second kappa shape index (κ2) is 6.43. The van der Waals surface area contributed by atoms with Gasteiger partial charge < -0.3 is 4.90 Å². The van der Waals surface area contributed by atoms with Crippen molar-refractivity contribution in [3.05, 3.63) is 48.3 Å². The summed E-state index contributed by atoms with van der Waals surface area (Å²) in [4.78, 5) is 15.6. The predicted molar refractivity (Wildman–Crippen MR) is 97.5 cm³/mol. The summed E-state index contributed by atoms with van der Waals surface area (Å²) in [5.41, 5.74) is 3.38. The molecule has 4 aromatic rings. The van der Waals surface area contributed by atoms with E-state index in [1.165, 1.54) is 0 Å². The molecule has 0 saturated heterocycles. The third kappa shape index (κ3) is 2.88. The van der Waals surface area contributed by atoms with Gasteiger partial charge in [0.15, 0.2) is 5.65 Å². The van der Waals surface area contributed by atoms with Crippen LogP contribution in [0.3, 0.4) is 0 Å². The van der Waals surface area contributed by atoms with Crippen LogP contribution < -0.4 is 4.90 Å². The van der Waals surface area contributed by atoms with Gasteiger partial charge in [-0.25, -0.2) is 14.6 Å². The summed E-state index contributed by atoms with van der Waals surface area (Å²) in [6.07, 6.45) is 3.56. The molecular formula is C18H19N7. The Morgan fingerprint density at radius 1 is 1.08 bits per heavy atom. The molecule has 0 aliphatic heterocycles. The molecule has 0 amide bonds. The number of hydrogen-bond acceptors (Lipinski definition) is 6. The lowest BCUT2D eigenvalue weighted by atomic mass is 10.1. The minimum atomic E-state index is 0.568. The van der Waals surface area contributed by atoms with E-state index in [1.54, 1.807) is 17.1 Å². The smallest absolute Gasteiger partial charge is 0.221 e. The number of aromatic nitrogens is 6. The fraction of sp³-hybridized carbons (Fsp3) is 0.278. The molecule has 0 aliphatic carbocycles. The largest absolute Gasteiger partial charge is 0.356 e. The molecule has 7 nitrogen and oxygen atoms in total. The molecular weight excluding hydrogens is 314 g/mol. The van der Waals surface area contributed by atoms with Gasteiger partial charge in [0.05, 0.1) is 18.3 Å². The number of nitrogens with zero attached hydrogens (tertiary/aromatic N) is 7. The normalized spacial score (nSPS) is 11.3. The van der Waals surface area contributed by atoms with Gasteiger partial charge >= 0.3 is 0 Å². The number of pyridine rings is 1. The lowest BCUT2D eigenvalue weighted by molar-refractivity contribution is 0.664. The van der Waals surface area contributed by atoms with Crippen LogP contribution >= 0.6 is 0 Å². The van der Waals surface area contributed by atoms with Crippen molar-refractivity contribution < 1.29 is 0 Å². The number of rotatable bonds is 5. The summed E-state index contributed by atoms with van der Waals surface area (Å²) in [6, 6.07) is 10.2. The number of fused-ring (bicyclic) bond motifs is 2. The van der Waals surface area contributed by atoms with Crippen LogP contribution in [0.25, 0.3) is 22.2 Å². The standard InChI is InChI=1S/C18H19N7/c1-3-24(4-2)16-11-20-17-18(21-16)25(23-22-17)12-13-7-8-15-14(10-13)6-5-9-19-15/h5-11H,3-4,12H2,1-2H3. The fourth-order valence-corrected chi connectivity index (χ4v) is 2.95. The number of benzene rings is 1. The van der Waals surface area contributed by atoms with E-state index in [4.69, 9.17) is 4.98 Å². The zero-order valence-corrected chi connectivity index (χ0v) is 14.3. The third-order valence-corrected chi connectivity index (χ3v) is 4.30. The average molecular weight is 333 g/mol. The van der Waals surface area contributed by atoms with Crippen molar-refractivity contribution in [3.8, 4) is 0 Å². The van der Waals surface area contributed by atoms with E-state index in [0.29, 0.717) is 17.8 Å². The van der Waals surface area contributed by atoms with Crippen LogP contribution in [-0.2, 0) is 6.54 Å². The van der Waals surface area contributed by atoms with Crippen LogP contribution in [0.5, 0.6) is 0 Å². The molecule has 0 spiro atoms. The summed E-state index contributed by atoms with van der Waals surface area (Å²) >= 11 is 0. The summed E-state index contributed by atoms with van der Waals surface area (Å²) in [5.74, 6) is 0.851. The second-order valence-electron chi connectivity index (χ2n) is 5.83. The van der Waals surface area contributed by atoms with Gasteiger partial charge in [0.1, 0.15) is 5.82 Å². The zero-order chi connectivity index (χ0) is 17.2. The highest BCUT2D eigenvalue weighted by Crippen LogP contribution is 2.17. The highest BCUT2D eigenvalue weighted by Gasteiger charge is 2.12. The van der Waals surface area contributed by atoms with Gasteiger partial charge in [0.2, 0.25) is 5.65 Å². The van der Waals surface area contributed by atoms with E-state index in [1.807, 2.05) is 12.1 Å². The maximum atomic E-state index is 4.72. The van der Waals surface area contributed by atoms with Crippen molar-refractivity contribution in [2.45, 2.75) is 20.4 Å². The van der Waals surface area contributed by atoms with Crippen LogP contribution in [0, 0.1) is 0 Å². The Kier molecular flexibility index (Phi) is 3.97. The Morgan fingerprint density at radius 2 is 1.96 bits per heavy atom. The van der Waals surface area contributed by atoms with Gasteiger partial charge in [-0.15, -0.1) is 5.10 Å². The van der Waals surface area contributed by atoms with Crippen molar-refractivity contribution in [1.29, 1.82) is 0 Å². The first-order valence-corrected chi connectivity index (χ1v) is 8.43. The van der Waals surface area contributed by atoms with Crippen molar-refractivity contribution in [2.75, 3.05) is 18.0 Å². The molecule has 0 aliphatic rings. The molecule has 0 atom stereocenters. The first-order valence-electron chi connectivity index (χ1n) is 8.43. The molecule has 0 saturated carbocycles. The highest BCUT2D eigenvalue weighted by molar-refractivity contribution is 5.79. The lowest BCUT2D eigenvalue weighted by Crippen LogP contribution is -2.23. The minimum Gasteiger partial charge on any atom is -0.356 e. The van der Waals surface area contributed by atoms with E-state index in [-0.39, 0.29) is 0 Å². The van der Waals surface area contributed by atoms with Gasteiger partial charge in [0.25, 0.3) is 0 Å². The van der Waals surface area contributed by atoms with Crippen LogP contribution in [0.4, 0.5) is 5.82 Å². The van der Waals surface area contributed by atoms with Gasteiger partial charge in [-0.2, -0.15) is 0 Å². The molecule has 4 rings (SSSR count). The van der Waals surface area contributed by atoms with Crippen LogP contribution in [0.2, 0.25) is 0 Å². The minimum absolute atomic E-state index is 0.568. The molecule has 0 bridgehead atoms. The van der Waals surface area contributed by atoms with E-state index >= 15 is 0 Å². The third-order valence-electron chi connectivity index (χ3n) is 4.30. The molecule has 0 N–H and O–H groups in total. The quantitative estimate of drug-likeness (QED) is 0.559. The molecule has 7 heteroatoms. The SMILES string of the molecule is CCN(CC)c1cnc2nnn(Cc3ccc4ncccc4c3)c2n1. The Bertz CT molecular complexity index is 1020. The van der Waals surface area contributed by atoms with Crippen LogP contribution in [0.1, 0.15) is 19.4 Å². The summed E-state index contributed by atoms with van der Waals surface area (Å²) < 4.78 is 1.80. The van der Waals surface area contributed by atoms with E-state index in [0.717, 1.165) is 35.4 Å². The molecule has 126 valence electrons. The van der Waals surface area contributed by atoms with Gasteiger partial charge in [0, 0.05) is 24.7 Å². The van der Waals surface area contributed by atoms with Gasteiger partial charge in [-0.3, -0.25) is 4.98 Å². The molecule has 0 fully saturated rings. The van der Waals surface area contributed by atoms with E-state index in [2.05, 4.69) is 57.2 Å². The number of hydrogen-bond donors (Lipinski definition) is 0. The Morgan fingerprint density at radius 3 is 2.80 bits per heavy atom. The maximum absolute atomic E-state index is 4.72. The summed E-state index contributed by atoms with van der Waals surface area (Å²) in [7, 11) is 0. The van der Waals surface area contributed by atoms with Gasteiger partial charge in [-0.05, 0) is 37.6 Å². The molecule has 25 heavy (non-hydrogen) atoms. The summed E-state index contributed by atoms with van der Waals surface area (Å²) in [5, 5.41) is 9.48. The molecule has 0 unspecified atom stereocenters. The monoisotopic (exact) mass is 333 g/mol. The summed E-state index contributed by atoms with van der Waals surface area (Å²) in [6.45, 7) is 6.58. The van der Waals surface area contributed by atoms with Crippen molar-refractivity contribution in [1.82, 2.24) is 29.9 Å². The number of anilines is 1. The van der Waals surface area contributed by atoms with Crippen LogP contribution in [0.15, 0.2) is 42.7 Å². The predicted octanol–water partition coefficient (Wildman–Crippen LogP) is 2.66. The second-order valence-corrected chi connectivity index (χ2v) is 5.83. The zero-order valence-electron chi connectivity index (χ0n) is 14.3.